The van der Waals surface area contributed by atoms with E-state index in [4.69, 9.17) is 10.1 Å². The van der Waals surface area contributed by atoms with Crippen LogP contribution >= 0.6 is 0 Å². The van der Waals surface area contributed by atoms with Gasteiger partial charge in [0, 0.05) is 49.1 Å². The molecule has 0 N–H and O–H groups in total. The molecule has 2 fully saturated rings. The van der Waals surface area contributed by atoms with Crippen LogP contribution in [0.3, 0.4) is 0 Å². The molecule has 5 rings (SSSR count). The zero-order valence-corrected chi connectivity index (χ0v) is 20.5. The zero-order valence-electron chi connectivity index (χ0n) is 20.5. The second kappa shape index (κ2) is 8.47. The van der Waals surface area contributed by atoms with E-state index in [1.807, 2.05) is 21.0 Å². The van der Waals surface area contributed by atoms with Crippen molar-refractivity contribution in [1.82, 2.24) is 29.3 Å². The van der Waals surface area contributed by atoms with Crippen LogP contribution < -0.4 is 4.90 Å². The summed E-state index contributed by atoms with van der Waals surface area (Å²) in [5, 5.41) is 9.35. The van der Waals surface area contributed by atoms with Gasteiger partial charge >= 0.3 is 0 Å². The Morgan fingerprint density at radius 3 is 2.67 bits per heavy atom. The summed E-state index contributed by atoms with van der Waals surface area (Å²) in [4.78, 5) is 23.1. The Balaban J connectivity index is 1.49. The van der Waals surface area contributed by atoms with E-state index in [2.05, 4.69) is 50.0 Å². The largest absolute Gasteiger partial charge is 0.356 e. The highest BCUT2D eigenvalue weighted by atomic mass is 16.2. The Morgan fingerprint density at radius 2 is 1.94 bits per heavy atom. The first kappa shape index (κ1) is 21.9. The van der Waals surface area contributed by atoms with Crippen LogP contribution in [-0.4, -0.2) is 54.8 Å². The van der Waals surface area contributed by atoms with Crippen molar-refractivity contribution in [2.45, 2.75) is 72.4 Å². The number of fused-ring (bicyclic) bond motifs is 1. The Hall–Kier alpha value is -2.90. The summed E-state index contributed by atoms with van der Waals surface area (Å²) in [5.74, 6) is 1.81. The molecule has 0 unspecified atom stereocenters. The van der Waals surface area contributed by atoms with Gasteiger partial charge in [0.05, 0.1) is 17.9 Å². The Labute approximate surface area is 195 Å². The van der Waals surface area contributed by atoms with Crippen molar-refractivity contribution >= 4 is 17.4 Å². The molecule has 33 heavy (non-hydrogen) atoms. The number of nitrogens with zero attached hydrogens (tertiary/aromatic N) is 7. The first-order chi connectivity index (χ1) is 15.8. The average Bonchev–Trinajstić information content (AvgIpc) is 3.50. The highest BCUT2D eigenvalue weighted by Crippen LogP contribution is 2.33. The lowest BCUT2D eigenvalue weighted by Gasteiger charge is -2.35. The van der Waals surface area contributed by atoms with E-state index < -0.39 is 0 Å². The minimum Gasteiger partial charge on any atom is -0.356 e. The second-order valence-corrected chi connectivity index (χ2v) is 10.2. The third kappa shape index (κ3) is 3.89. The number of likely N-dealkylation sites (tertiary alicyclic amines) is 1. The summed E-state index contributed by atoms with van der Waals surface area (Å²) in [6, 6.07) is 2.17. The maximum atomic E-state index is 13.7. The van der Waals surface area contributed by atoms with Gasteiger partial charge in [0.2, 0.25) is 0 Å². The number of hydrogen-bond donors (Lipinski definition) is 0. The first-order valence-corrected chi connectivity index (χ1v) is 12.3. The maximum Gasteiger partial charge on any atom is 0.272 e. The van der Waals surface area contributed by atoms with Crippen molar-refractivity contribution < 1.29 is 4.79 Å². The van der Waals surface area contributed by atoms with E-state index in [0.29, 0.717) is 11.6 Å². The SMILES string of the molecule is Cc1cn2nc([C@@H]3CCCCN3C(=O)c3c(C)cnn3C(C)C)cc2nc1N1CC[C@H](C)C1. The maximum absolute atomic E-state index is 13.7. The number of aryl methyl sites for hydroxylation is 2. The summed E-state index contributed by atoms with van der Waals surface area (Å²) in [5.41, 5.74) is 4.54. The first-order valence-electron chi connectivity index (χ1n) is 12.3. The van der Waals surface area contributed by atoms with E-state index in [1.165, 1.54) is 6.42 Å². The standard InChI is InChI=1S/C25H35N7O/c1-16(2)32-23(18(4)13-26-32)25(33)30-10-7-6-8-21(30)20-12-22-27-24(19(5)15-31(22)28-20)29-11-9-17(3)14-29/h12-13,15-17,21H,6-11,14H2,1-5H3/t17-,21-/m0/s1. The molecule has 3 aromatic rings. The summed E-state index contributed by atoms with van der Waals surface area (Å²) in [6.45, 7) is 13.3. The Morgan fingerprint density at radius 1 is 1.12 bits per heavy atom. The molecule has 176 valence electrons. The number of anilines is 1. The van der Waals surface area contributed by atoms with Gasteiger partial charge in [0.25, 0.3) is 5.91 Å². The highest BCUT2D eigenvalue weighted by Gasteiger charge is 2.33. The second-order valence-electron chi connectivity index (χ2n) is 10.2. The molecule has 0 spiro atoms. The number of hydrogen-bond acceptors (Lipinski definition) is 5. The molecular weight excluding hydrogens is 414 g/mol. The van der Waals surface area contributed by atoms with Crippen LogP contribution in [0.5, 0.6) is 0 Å². The summed E-state index contributed by atoms with van der Waals surface area (Å²) in [7, 11) is 0. The molecule has 2 saturated heterocycles. The van der Waals surface area contributed by atoms with Crippen LogP contribution in [0, 0.1) is 19.8 Å². The normalized spacial score (nSPS) is 21.5. The third-order valence-corrected chi connectivity index (χ3v) is 7.12. The predicted octanol–water partition coefficient (Wildman–Crippen LogP) is 4.34. The molecule has 3 aromatic heterocycles. The molecule has 5 heterocycles. The molecule has 2 aliphatic rings. The minimum atomic E-state index is -0.0431. The number of carbonyl (C=O) groups is 1. The van der Waals surface area contributed by atoms with E-state index in [9.17, 15) is 4.79 Å². The van der Waals surface area contributed by atoms with Gasteiger partial charge in [0.15, 0.2) is 5.65 Å². The van der Waals surface area contributed by atoms with Gasteiger partial charge in [-0.05, 0) is 59.3 Å². The van der Waals surface area contributed by atoms with E-state index in [1.54, 1.807) is 6.20 Å². The molecule has 0 saturated carbocycles. The van der Waals surface area contributed by atoms with Gasteiger partial charge < -0.3 is 9.80 Å². The van der Waals surface area contributed by atoms with Crippen molar-refractivity contribution in [1.29, 1.82) is 0 Å². The fraction of sp³-hybridized carbons (Fsp3) is 0.600. The molecule has 0 bridgehead atoms. The lowest BCUT2D eigenvalue weighted by molar-refractivity contribution is 0.0590. The molecule has 2 aliphatic heterocycles. The lowest BCUT2D eigenvalue weighted by Crippen LogP contribution is -2.40. The van der Waals surface area contributed by atoms with Crippen molar-refractivity contribution in [3.05, 3.63) is 41.0 Å². The zero-order chi connectivity index (χ0) is 23.3. The van der Waals surface area contributed by atoms with Crippen molar-refractivity contribution in [3.8, 4) is 0 Å². The smallest absolute Gasteiger partial charge is 0.272 e. The average molecular weight is 450 g/mol. The highest BCUT2D eigenvalue weighted by molar-refractivity contribution is 5.94. The van der Waals surface area contributed by atoms with Crippen molar-refractivity contribution in [2.75, 3.05) is 24.5 Å². The van der Waals surface area contributed by atoms with E-state index in [0.717, 1.165) is 67.2 Å². The van der Waals surface area contributed by atoms with Gasteiger partial charge in [-0.1, -0.05) is 6.92 Å². The molecule has 2 atom stereocenters. The van der Waals surface area contributed by atoms with Gasteiger partial charge in [-0.3, -0.25) is 9.48 Å². The fourth-order valence-electron chi connectivity index (χ4n) is 5.35. The van der Waals surface area contributed by atoms with Crippen molar-refractivity contribution in [2.24, 2.45) is 5.92 Å². The quantitative estimate of drug-likeness (QED) is 0.593. The molecule has 0 radical (unpaired) electrons. The molecule has 8 heteroatoms. The number of carbonyl (C=O) groups excluding carboxylic acids is 1. The van der Waals surface area contributed by atoms with E-state index in [-0.39, 0.29) is 18.0 Å². The third-order valence-electron chi connectivity index (χ3n) is 7.12. The Bertz CT molecular complexity index is 1180. The van der Waals surface area contributed by atoms with Crippen LogP contribution in [0.2, 0.25) is 0 Å². The topological polar surface area (TPSA) is 71.6 Å². The van der Waals surface area contributed by atoms with Crippen LogP contribution in [-0.2, 0) is 0 Å². The van der Waals surface area contributed by atoms with Crippen LogP contribution in [0.25, 0.3) is 5.65 Å². The monoisotopic (exact) mass is 449 g/mol. The minimum absolute atomic E-state index is 0.0431. The summed E-state index contributed by atoms with van der Waals surface area (Å²) in [6.07, 6.45) is 8.11. The van der Waals surface area contributed by atoms with Gasteiger partial charge in [-0.25, -0.2) is 9.50 Å². The summed E-state index contributed by atoms with van der Waals surface area (Å²) < 4.78 is 3.73. The molecule has 8 nitrogen and oxygen atoms in total. The van der Waals surface area contributed by atoms with Crippen molar-refractivity contribution in [3.63, 3.8) is 0 Å². The molecular formula is C25H35N7O. The predicted molar refractivity (Wildman–Crippen MR) is 129 cm³/mol. The fourth-order valence-corrected chi connectivity index (χ4v) is 5.35. The van der Waals surface area contributed by atoms with Gasteiger partial charge in [-0.2, -0.15) is 10.2 Å². The summed E-state index contributed by atoms with van der Waals surface area (Å²) >= 11 is 0. The van der Waals surface area contributed by atoms with Gasteiger partial charge in [-0.15, -0.1) is 0 Å². The van der Waals surface area contributed by atoms with Gasteiger partial charge in [0.1, 0.15) is 11.5 Å². The lowest BCUT2D eigenvalue weighted by atomic mass is 9.98. The number of piperidine rings is 1. The molecule has 1 amide bonds. The van der Waals surface area contributed by atoms with Crippen LogP contribution in [0.15, 0.2) is 18.5 Å². The van der Waals surface area contributed by atoms with E-state index >= 15 is 0 Å². The Kier molecular flexibility index (Phi) is 5.62. The number of aromatic nitrogens is 5. The molecule has 0 aliphatic carbocycles. The number of rotatable bonds is 4. The molecule has 0 aromatic carbocycles. The number of amides is 1. The van der Waals surface area contributed by atoms with Crippen LogP contribution in [0.1, 0.15) is 85.8 Å². The van der Waals surface area contributed by atoms with Crippen LogP contribution in [0.4, 0.5) is 5.82 Å².